The SMILES string of the molecule is C[N+](C)(CC(=O)c1ccccc1)Cc1nnc(C(O)(C2C=CC=CC2)C2CCCCC2)o1. The molecule has 170 valence electrons. The minimum absolute atomic E-state index is 0.0770. The highest BCUT2D eigenvalue weighted by Gasteiger charge is 2.48. The number of rotatable bonds is 8. The number of hydrogen-bond acceptors (Lipinski definition) is 5. The second-order valence-corrected chi connectivity index (χ2v) is 9.86. The van der Waals surface area contributed by atoms with E-state index in [2.05, 4.69) is 22.3 Å². The topological polar surface area (TPSA) is 76.2 Å². The van der Waals surface area contributed by atoms with Crippen LogP contribution in [-0.4, -0.2) is 46.2 Å². The Kier molecular flexibility index (Phi) is 6.72. The summed E-state index contributed by atoms with van der Waals surface area (Å²) in [4.78, 5) is 12.7. The number of aliphatic hydroxyl groups is 1. The second-order valence-electron chi connectivity index (χ2n) is 9.86. The van der Waals surface area contributed by atoms with Crippen LogP contribution in [0.15, 0.2) is 59.1 Å². The molecule has 1 aromatic carbocycles. The monoisotopic (exact) mass is 436 g/mol. The van der Waals surface area contributed by atoms with Crippen LogP contribution in [0.1, 0.15) is 60.7 Å². The lowest BCUT2D eigenvalue weighted by Gasteiger charge is -2.40. The predicted octanol–water partition coefficient (Wildman–Crippen LogP) is 4.43. The van der Waals surface area contributed by atoms with Crippen LogP contribution in [0.25, 0.3) is 0 Å². The van der Waals surface area contributed by atoms with E-state index in [0.717, 1.165) is 32.1 Å². The third-order valence-electron chi connectivity index (χ3n) is 6.81. The van der Waals surface area contributed by atoms with Gasteiger partial charge in [0, 0.05) is 11.5 Å². The number of nitrogens with zero attached hydrogens (tertiary/aromatic N) is 3. The Morgan fingerprint density at radius 1 is 1.12 bits per heavy atom. The summed E-state index contributed by atoms with van der Waals surface area (Å²) in [6, 6.07) is 9.33. The van der Waals surface area contributed by atoms with Gasteiger partial charge in [-0.3, -0.25) is 4.79 Å². The number of allylic oxidation sites excluding steroid dienone is 3. The van der Waals surface area contributed by atoms with Gasteiger partial charge in [-0.1, -0.05) is 73.9 Å². The maximum atomic E-state index is 12.7. The van der Waals surface area contributed by atoms with Crippen molar-refractivity contribution in [1.82, 2.24) is 10.2 Å². The van der Waals surface area contributed by atoms with Crippen molar-refractivity contribution in [3.05, 3.63) is 72.0 Å². The van der Waals surface area contributed by atoms with Crippen LogP contribution >= 0.6 is 0 Å². The molecule has 0 spiro atoms. The summed E-state index contributed by atoms with van der Waals surface area (Å²) in [5.74, 6) is 0.876. The number of carbonyl (C=O) groups excluding carboxylic acids is 1. The normalized spacial score (nSPS) is 21.4. The second kappa shape index (κ2) is 9.51. The van der Waals surface area contributed by atoms with E-state index < -0.39 is 5.60 Å². The summed E-state index contributed by atoms with van der Waals surface area (Å²) < 4.78 is 6.51. The maximum absolute atomic E-state index is 12.7. The largest absolute Gasteiger partial charge is 0.417 e. The van der Waals surface area contributed by atoms with Crippen LogP contribution in [-0.2, 0) is 12.1 Å². The fraction of sp³-hybridized carbons (Fsp3) is 0.500. The zero-order chi connectivity index (χ0) is 22.6. The van der Waals surface area contributed by atoms with E-state index in [4.69, 9.17) is 4.42 Å². The molecule has 4 rings (SSSR count). The first-order valence-electron chi connectivity index (χ1n) is 11.7. The van der Waals surface area contributed by atoms with Crippen LogP contribution in [0.2, 0.25) is 0 Å². The van der Waals surface area contributed by atoms with Gasteiger partial charge in [0.1, 0.15) is 6.54 Å². The molecule has 2 aliphatic carbocycles. The van der Waals surface area contributed by atoms with Gasteiger partial charge in [-0.2, -0.15) is 0 Å². The lowest BCUT2D eigenvalue weighted by atomic mass is 9.68. The number of hydrogen-bond donors (Lipinski definition) is 1. The number of carbonyl (C=O) groups is 1. The minimum Gasteiger partial charge on any atom is -0.417 e. The average molecular weight is 437 g/mol. The lowest BCUT2D eigenvalue weighted by Crippen LogP contribution is -2.43. The van der Waals surface area contributed by atoms with Crippen molar-refractivity contribution in [3.8, 4) is 0 Å². The number of ketones is 1. The van der Waals surface area contributed by atoms with Crippen molar-refractivity contribution in [2.75, 3.05) is 20.6 Å². The fourth-order valence-corrected chi connectivity index (χ4v) is 5.09. The van der Waals surface area contributed by atoms with Gasteiger partial charge in [-0.25, -0.2) is 0 Å². The summed E-state index contributed by atoms with van der Waals surface area (Å²) in [5, 5.41) is 20.6. The van der Waals surface area contributed by atoms with Gasteiger partial charge in [-0.05, 0) is 25.2 Å². The molecule has 1 N–H and O–H groups in total. The van der Waals surface area contributed by atoms with Crippen molar-refractivity contribution in [2.24, 2.45) is 11.8 Å². The minimum atomic E-state index is -1.16. The maximum Gasteiger partial charge on any atom is 0.271 e. The molecule has 0 saturated heterocycles. The van der Waals surface area contributed by atoms with Gasteiger partial charge in [0.05, 0.1) is 14.1 Å². The molecule has 2 atom stereocenters. The number of aromatic nitrogens is 2. The molecule has 1 fully saturated rings. The summed E-state index contributed by atoms with van der Waals surface area (Å²) >= 11 is 0. The molecule has 0 amide bonds. The standard InChI is InChI=1S/C26H34N3O3/c1-29(2,18-23(30)20-12-6-3-7-13-20)19-24-27-28-25(32-24)26(31,21-14-8-4-9-15-21)22-16-10-5-11-17-22/h3-4,6-9,12-14,21-22,31H,5,10-11,15-19H2,1-2H3/q+1. The molecule has 2 unspecified atom stereocenters. The fourth-order valence-electron chi connectivity index (χ4n) is 5.09. The zero-order valence-electron chi connectivity index (χ0n) is 19.1. The van der Waals surface area contributed by atoms with E-state index in [1.807, 2.05) is 56.6 Å². The van der Waals surface area contributed by atoms with Gasteiger partial charge in [0.15, 0.2) is 12.1 Å². The first-order valence-corrected chi connectivity index (χ1v) is 11.7. The molecule has 0 radical (unpaired) electrons. The zero-order valence-corrected chi connectivity index (χ0v) is 19.1. The Balaban J connectivity index is 1.53. The van der Waals surface area contributed by atoms with Crippen molar-refractivity contribution in [1.29, 1.82) is 0 Å². The molecule has 2 aromatic rings. The van der Waals surface area contributed by atoms with Gasteiger partial charge < -0.3 is 14.0 Å². The lowest BCUT2D eigenvalue weighted by molar-refractivity contribution is -0.896. The van der Waals surface area contributed by atoms with Crippen LogP contribution in [0.5, 0.6) is 0 Å². The molecular formula is C26H34N3O3+. The van der Waals surface area contributed by atoms with Crippen molar-refractivity contribution >= 4 is 5.78 Å². The molecule has 2 aliphatic rings. The highest BCUT2D eigenvalue weighted by molar-refractivity contribution is 5.96. The molecule has 1 heterocycles. The van der Waals surface area contributed by atoms with E-state index in [1.54, 1.807) is 0 Å². The van der Waals surface area contributed by atoms with E-state index in [1.165, 1.54) is 6.42 Å². The Hall–Kier alpha value is -2.57. The van der Waals surface area contributed by atoms with Gasteiger partial charge >= 0.3 is 0 Å². The number of Topliss-reactive ketones (excluding diaryl/α,β-unsaturated/α-hetero) is 1. The van der Waals surface area contributed by atoms with Crippen LogP contribution in [0, 0.1) is 11.8 Å². The smallest absolute Gasteiger partial charge is 0.271 e. The molecule has 0 aliphatic heterocycles. The summed E-state index contributed by atoms with van der Waals surface area (Å²) in [6.07, 6.45) is 14.3. The van der Waals surface area contributed by atoms with Gasteiger partial charge in [0.2, 0.25) is 11.7 Å². The third kappa shape index (κ3) is 4.92. The molecule has 32 heavy (non-hydrogen) atoms. The van der Waals surface area contributed by atoms with Crippen molar-refractivity contribution in [2.45, 2.75) is 50.7 Å². The highest BCUT2D eigenvalue weighted by atomic mass is 16.4. The van der Waals surface area contributed by atoms with Gasteiger partial charge in [-0.15, -0.1) is 10.2 Å². The van der Waals surface area contributed by atoms with Crippen LogP contribution in [0.3, 0.4) is 0 Å². The Morgan fingerprint density at radius 2 is 1.88 bits per heavy atom. The highest BCUT2D eigenvalue weighted by Crippen LogP contribution is 2.46. The third-order valence-corrected chi connectivity index (χ3v) is 6.81. The molecule has 1 saturated carbocycles. The molecular weight excluding hydrogens is 402 g/mol. The predicted molar refractivity (Wildman–Crippen MR) is 123 cm³/mol. The van der Waals surface area contributed by atoms with E-state index in [0.29, 0.717) is 34.9 Å². The Labute approximate surface area is 190 Å². The number of likely N-dealkylation sites (N-methyl/N-ethyl adjacent to an activating group) is 1. The van der Waals surface area contributed by atoms with Gasteiger partial charge in [0.25, 0.3) is 5.89 Å². The Bertz CT molecular complexity index is 973. The van der Waals surface area contributed by atoms with E-state index >= 15 is 0 Å². The van der Waals surface area contributed by atoms with Crippen LogP contribution in [0.4, 0.5) is 0 Å². The number of quaternary nitrogens is 1. The van der Waals surface area contributed by atoms with Crippen LogP contribution < -0.4 is 0 Å². The molecule has 1 aromatic heterocycles. The van der Waals surface area contributed by atoms with Crippen molar-refractivity contribution < 1.29 is 18.8 Å². The number of benzene rings is 1. The molecule has 6 nitrogen and oxygen atoms in total. The first kappa shape index (κ1) is 22.6. The van der Waals surface area contributed by atoms with E-state index in [-0.39, 0.29) is 17.6 Å². The first-order chi connectivity index (χ1) is 15.4. The summed E-state index contributed by atoms with van der Waals surface area (Å²) in [5.41, 5.74) is -0.460. The summed E-state index contributed by atoms with van der Waals surface area (Å²) in [7, 11) is 3.96. The molecule has 6 heteroatoms. The van der Waals surface area contributed by atoms with Crippen molar-refractivity contribution in [3.63, 3.8) is 0 Å². The Morgan fingerprint density at radius 3 is 2.56 bits per heavy atom. The molecule has 0 bridgehead atoms. The summed E-state index contributed by atoms with van der Waals surface area (Å²) in [6.45, 7) is 0.748. The average Bonchev–Trinajstić information content (AvgIpc) is 3.28. The quantitative estimate of drug-likeness (QED) is 0.489. The van der Waals surface area contributed by atoms with E-state index in [9.17, 15) is 9.90 Å².